The van der Waals surface area contributed by atoms with Gasteiger partial charge in [0.25, 0.3) is 5.91 Å². The van der Waals surface area contributed by atoms with Crippen LogP contribution >= 0.6 is 11.6 Å². The lowest BCUT2D eigenvalue weighted by Crippen LogP contribution is -2.58. The zero-order valence-corrected chi connectivity index (χ0v) is 15.0. The molecule has 0 fully saturated rings. The highest BCUT2D eigenvalue weighted by Gasteiger charge is 2.34. The summed E-state index contributed by atoms with van der Waals surface area (Å²) in [5.74, 6) is -0.942. The van der Waals surface area contributed by atoms with Gasteiger partial charge < -0.3 is 25.1 Å². The van der Waals surface area contributed by atoms with Gasteiger partial charge >= 0.3 is 0 Å². The molecule has 0 unspecified atom stereocenters. The lowest BCUT2D eigenvalue weighted by Gasteiger charge is -2.27. The fourth-order valence-corrected chi connectivity index (χ4v) is 2.62. The van der Waals surface area contributed by atoms with E-state index in [4.69, 9.17) is 26.8 Å². The van der Waals surface area contributed by atoms with Crippen LogP contribution in [0.4, 0.5) is 0 Å². The Bertz CT molecular complexity index is 776. The predicted molar refractivity (Wildman–Crippen MR) is 94.3 cm³/mol. The number of amides is 2. The van der Waals surface area contributed by atoms with Crippen molar-refractivity contribution < 1.29 is 19.1 Å². The summed E-state index contributed by atoms with van der Waals surface area (Å²) in [6, 6.07) is 6.84. The number of rotatable bonds is 7. The molecule has 1 aromatic heterocycles. The summed E-state index contributed by atoms with van der Waals surface area (Å²) in [6.45, 7) is 1.42. The van der Waals surface area contributed by atoms with Crippen molar-refractivity contribution in [3.8, 4) is 11.4 Å². The van der Waals surface area contributed by atoms with E-state index in [2.05, 4.69) is 5.32 Å². The first-order valence-corrected chi connectivity index (χ1v) is 7.82. The fourth-order valence-electron chi connectivity index (χ4n) is 2.36. The molecule has 2 amide bonds. The minimum atomic E-state index is -1.36. The maximum atomic E-state index is 12.6. The Morgan fingerprint density at radius 1 is 1.28 bits per heavy atom. The largest absolute Gasteiger partial charge is 0.496 e. The van der Waals surface area contributed by atoms with Crippen molar-refractivity contribution in [1.82, 2.24) is 9.88 Å². The molecule has 0 bridgehead atoms. The number of nitrogens with one attached hydrogen (secondary N) is 1. The zero-order valence-electron chi connectivity index (χ0n) is 14.2. The summed E-state index contributed by atoms with van der Waals surface area (Å²) in [7, 11) is 2.86. The van der Waals surface area contributed by atoms with E-state index in [9.17, 15) is 9.59 Å². The molecular weight excluding hydrogens is 346 g/mol. The van der Waals surface area contributed by atoms with Crippen LogP contribution in [0.15, 0.2) is 36.7 Å². The van der Waals surface area contributed by atoms with Crippen molar-refractivity contribution >= 4 is 23.4 Å². The molecule has 8 heteroatoms. The van der Waals surface area contributed by atoms with Gasteiger partial charge in [0.1, 0.15) is 11.3 Å². The van der Waals surface area contributed by atoms with Gasteiger partial charge in [-0.25, -0.2) is 0 Å². The Kier molecular flexibility index (Phi) is 5.71. The smallest absolute Gasteiger partial charge is 0.256 e. The number of halogens is 1. The highest BCUT2D eigenvalue weighted by atomic mass is 35.5. The molecule has 0 radical (unpaired) electrons. The summed E-state index contributed by atoms with van der Waals surface area (Å²) < 4.78 is 12.1. The summed E-state index contributed by atoms with van der Waals surface area (Å²) in [5, 5.41) is 2.94. The molecule has 7 nitrogen and oxygen atoms in total. The van der Waals surface area contributed by atoms with Gasteiger partial charge in [-0.1, -0.05) is 11.6 Å². The number of hydrogen-bond acceptors (Lipinski definition) is 4. The third kappa shape index (κ3) is 3.94. The number of methoxy groups -OCH3 is 2. The summed E-state index contributed by atoms with van der Waals surface area (Å²) in [4.78, 5) is 24.3. The maximum Gasteiger partial charge on any atom is 0.256 e. The first kappa shape index (κ1) is 18.8. The number of nitrogens with zero attached hydrogens (tertiary/aromatic N) is 1. The van der Waals surface area contributed by atoms with Crippen molar-refractivity contribution in [2.24, 2.45) is 5.73 Å². The topological polar surface area (TPSA) is 95.6 Å². The van der Waals surface area contributed by atoms with Gasteiger partial charge in [-0.05, 0) is 25.1 Å². The van der Waals surface area contributed by atoms with Crippen LogP contribution in [0.2, 0.25) is 5.02 Å². The number of nitrogens with two attached hydrogens (primary N) is 1. The van der Waals surface area contributed by atoms with Gasteiger partial charge in [-0.2, -0.15) is 0 Å². The van der Waals surface area contributed by atoms with Crippen LogP contribution in [0.5, 0.6) is 5.75 Å². The maximum absolute atomic E-state index is 12.6. The molecule has 1 aromatic carbocycles. The molecule has 0 saturated heterocycles. The number of benzene rings is 1. The number of carbonyl (C=O) groups excluding carboxylic acids is 2. The van der Waals surface area contributed by atoms with E-state index < -0.39 is 17.4 Å². The molecule has 1 atom stereocenters. The lowest BCUT2D eigenvalue weighted by atomic mass is 10.0. The number of primary amides is 1. The molecular formula is C17H20ClN3O4. The fraction of sp³-hybridized carbons (Fsp3) is 0.294. The van der Waals surface area contributed by atoms with Crippen molar-refractivity contribution in [3.05, 3.63) is 47.2 Å². The number of aromatic nitrogens is 1. The van der Waals surface area contributed by atoms with Gasteiger partial charge in [-0.15, -0.1) is 0 Å². The summed E-state index contributed by atoms with van der Waals surface area (Å²) in [6.07, 6.45) is 3.65. The normalized spacial score (nSPS) is 13.1. The molecule has 3 N–H and O–H groups in total. The van der Waals surface area contributed by atoms with E-state index in [1.54, 1.807) is 10.6 Å². The van der Waals surface area contributed by atoms with Crippen molar-refractivity contribution in [2.75, 3.05) is 20.8 Å². The SMILES string of the molecule is COC[C@](C)(NC(=O)c1cc(Cl)c(-n2cccc2)cc1OC)C(N)=O. The van der Waals surface area contributed by atoms with Crippen LogP contribution in [0, 0.1) is 0 Å². The van der Waals surface area contributed by atoms with Crippen LogP contribution in [-0.2, 0) is 9.53 Å². The van der Waals surface area contributed by atoms with Gasteiger partial charge in [0.2, 0.25) is 5.91 Å². The van der Waals surface area contributed by atoms with Crippen LogP contribution in [0.25, 0.3) is 5.69 Å². The standard InChI is InChI=1S/C17H20ClN3O4/c1-17(10-24-2,16(19)23)20-15(22)11-8-12(18)13(9-14(11)25-3)21-6-4-5-7-21/h4-9H,10H2,1-3H3,(H2,19,23)(H,20,22)/t17-/m0/s1. The van der Waals surface area contributed by atoms with Crippen LogP contribution in [0.3, 0.4) is 0 Å². The van der Waals surface area contributed by atoms with E-state index in [1.807, 2.05) is 24.5 Å². The predicted octanol–water partition coefficient (Wildman–Crippen LogP) is 1.76. The second-order valence-corrected chi connectivity index (χ2v) is 6.08. The molecule has 25 heavy (non-hydrogen) atoms. The first-order chi connectivity index (χ1) is 11.8. The molecule has 0 spiro atoms. The number of ether oxygens (including phenoxy) is 2. The third-order valence-electron chi connectivity index (χ3n) is 3.76. The van der Waals surface area contributed by atoms with E-state index in [0.717, 1.165) is 0 Å². The van der Waals surface area contributed by atoms with Crippen molar-refractivity contribution in [1.29, 1.82) is 0 Å². The minimum absolute atomic E-state index is 0.0639. The lowest BCUT2D eigenvalue weighted by molar-refractivity contribution is -0.125. The Morgan fingerprint density at radius 3 is 2.44 bits per heavy atom. The highest BCUT2D eigenvalue weighted by Crippen LogP contribution is 2.30. The number of carbonyl (C=O) groups is 2. The van der Waals surface area contributed by atoms with Crippen molar-refractivity contribution in [3.63, 3.8) is 0 Å². The van der Waals surface area contributed by atoms with Crippen LogP contribution in [-0.4, -0.2) is 42.7 Å². The monoisotopic (exact) mass is 365 g/mol. The molecule has 2 rings (SSSR count). The molecule has 0 aliphatic rings. The Hall–Kier alpha value is -2.51. The number of hydrogen-bond donors (Lipinski definition) is 2. The van der Waals surface area contributed by atoms with E-state index >= 15 is 0 Å². The summed E-state index contributed by atoms with van der Waals surface area (Å²) >= 11 is 6.32. The molecule has 0 aliphatic heterocycles. The molecule has 2 aromatic rings. The Balaban J connectivity index is 2.40. The Morgan fingerprint density at radius 2 is 1.92 bits per heavy atom. The zero-order chi connectivity index (χ0) is 18.6. The van der Waals surface area contributed by atoms with Crippen LogP contribution < -0.4 is 15.8 Å². The van der Waals surface area contributed by atoms with Gasteiger partial charge in [0.15, 0.2) is 0 Å². The van der Waals surface area contributed by atoms with E-state index in [-0.39, 0.29) is 12.2 Å². The average Bonchev–Trinajstić information content (AvgIpc) is 3.08. The van der Waals surface area contributed by atoms with Gasteiger partial charge in [0, 0.05) is 25.6 Å². The second-order valence-electron chi connectivity index (χ2n) is 5.68. The van der Waals surface area contributed by atoms with E-state index in [0.29, 0.717) is 16.5 Å². The van der Waals surface area contributed by atoms with Gasteiger partial charge in [-0.3, -0.25) is 9.59 Å². The first-order valence-electron chi connectivity index (χ1n) is 7.44. The highest BCUT2D eigenvalue weighted by molar-refractivity contribution is 6.33. The third-order valence-corrected chi connectivity index (χ3v) is 4.07. The van der Waals surface area contributed by atoms with Crippen molar-refractivity contribution in [2.45, 2.75) is 12.5 Å². The van der Waals surface area contributed by atoms with E-state index in [1.165, 1.54) is 27.2 Å². The molecule has 0 saturated carbocycles. The Labute approximate surface area is 150 Å². The average molecular weight is 366 g/mol. The summed E-state index contributed by atoms with van der Waals surface area (Å²) in [5.41, 5.74) is 4.87. The molecule has 134 valence electrons. The quantitative estimate of drug-likeness (QED) is 0.781. The molecule has 1 heterocycles. The minimum Gasteiger partial charge on any atom is -0.496 e. The second kappa shape index (κ2) is 7.58. The van der Waals surface area contributed by atoms with Gasteiger partial charge in [0.05, 0.1) is 30.0 Å². The molecule has 0 aliphatic carbocycles. The van der Waals surface area contributed by atoms with Crippen LogP contribution in [0.1, 0.15) is 17.3 Å².